The van der Waals surface area contributed by atoms with Crippen LogP contribution >= 0.6 is 11.6 Å². The molecule has 0 saturated carbocycles. The van der Waals surface area contributed by atoms with E-state index in [2.05, 4.69) is 4.90 Å². The lowest BCUT2D eigenvalue weighted by molar-refractivity contribution is 0.124. The van der Waals surface area contributed by atoms with Crippen molar-refractivity contribution in [1.82, 2.24) is 0 Å². The van der Waals surface area contributed by atoms with Gasteiger partial charge in [-0.2, -0.15) is 0 Å². The number of benzene rings is 1. The van der Waals surface area contributed by atoms with E-state index in [1.807, 2.05) is 38.2 Å². The number of hydrogen-bond donors (Lipinski definition) is 0. The van der Waals surface area contributed by atoms with Gasteiger partial charge in [-0.05, 0) is 31.2 Å². The van der Waals surface area contributed by atoms with Gasteiger partial charge < -0.3 is 9.64 Å². The van der Waals surface area contributed by atoms with Crippen molar-refractivity contribution in [2.24, 2.45) is 0 Å². The minimum atomic E-state index is 0.232. The zero-order valence-electron chi connectivity index (χ0n) is 8.83. The third-order valence-corrected chi connectivity index (χ3v) is 2.45. The first-order valence-corrected chi connectivity index (χ1v) is 5.00. The Labute approximate surface area is 90.4 Å². The maximum absolute atomic E-state index is 5.81. The Bertz CT molecular complexity index is 273. The fourth-order valence-electron chi connectivity index (χ4n) is 1.26. The summed E-state index contributed by atoms with van der Waals surface area (Å²) in [5.74, 6) is 0. The summed E-state index contributed by atoms with van der Waals surface area (Å²) in [6.07, 6.45) is 0.232. The average molecular weight is 214 g/mol. The van der Waals surface area contributed by atoms with Crippen molar-refractivity contribution < 1.29 is 4.74 Å². The summed E-state index contributed by atoms with van der Waals surface area (Å²) in [4.78, 5) is 2.14. The molecule has 3 heteroatoms. The molecule has 0 heterocycles. The SMILES string of the molecule is COC(C)CN(C)c1ccc(Cl)cc1. The third-order valence-electron chi connectivity index (χ3n) is 2.20. The Kier molecular flexibility index (Phi) is 4.23. The minimum Gasteiger partial charge on any atom is -0.380 e. The molecule has 0 radical (unpaired) electrons. The Morgan fingerprint density at radius 3 is 2.43 bits per heavy atom. The third kappa shape index (κ3) is 3.20. The van der Waals surface area contributed by atoms with Crippen LogP contribution in [0.4, 0.5) is 5.69 Å². The van der Waals surface area contributed by atoms with E-state index in [0.717, 1.165) is 17.3 Å². The number of likely N-dealkylation sites (N-methyl/N-ethyl adjacent to an activating group) is 1. The second-order valence-corrected chi connectivity index (χ2v) is 3.84. The molecule has 2 nitrogen and oxygen atoms in total. The van der Waals surface area contributed by atoms with Gasteiger partial charge in [0.15, 0.2) is 0 Å². The zero-order valence-corrected chi connectivity index (χ0v) is 9.58. The molecule has 0 aromatic heterocycles. The first-order chi connectivity index (χ1) is 6.63. The van der Waals surface area contributed by atoms with Gasteiger partial charge in [0.25, 0.3) is 0 Å². The molecule has 1 atom stereocenters. The van der Waals surface area contributed by atoms with Crippen LogP contribution in [0, 0.1) is 0 Å². The van der Waals surface area contributed by atoms with Gasteiger partial charge in [-0.1, -0.05) is 11.6 Å². The molecule has 0 saturated heterocycles. The van der Waals surface area contributed by atoms with Gasteiger partial charge in [0.05, 0.1) is 6.10 Å². The predicted molar refractivity (Wildman–Crippen MR) is 61.2 cm³/mol. The van der Waals surface area contributed by atoms with Crippen LogP contribution in [0.3, 0.4) is 0 Å². The van der Waals surface area contributed by atoms with Crippen LogP contribution in [-0.2, 0) is 4.74 Å². The highest BCUT2D eigenvalue weighted by Crippen LogP contribution is 2.16. The van der Waals surface area contributed by atoms with E-state index >= 15 is 0 Å². The number of ether oxygens (including phenoxy) is 1. The highest BCUT2D eigenvalue weighted by Gasteiger charge is 2.05. The second kappa shape index (κ2) is 5.23. The molecule has 1 aromatic carbocycles. The molecule has 0 fully saturated rings. The maximum atomic E-state index is 5.81. The Morgan fingerprint density at radius 1 is 1.36 bits per heavy atom. The van der Waals surface area contributed by atoms with Crippen molar-refractivity contribution in [2.45, 2.75) is 13.0 Å². The van der Waals surface area contributed by atoms with E-state index in [-0.39, 0.29) is 6.10 Å². The minimum absolute atomic E-state index is 0.232. The van der Waals surface area contributed by atoms with E-state index in [9.17, 15) is 0 Å². The summed E-state index contributed by atoms with van der Waals surface area (Å²) in [5, 5.41) is 0.766. The molecule has 78 valence electrons. The molecular formula is C11H16ClNO. The second-order valence-electron chi connectivity index (χ2n) is 3.40. The average Bonchev–Trinajstić information content (AvgIpc) is 2.18. The molecular weight excluding hydrogens is 198 g/mol. The van der Waals surface area contributed by atoms with Crippen LogP contribution in [-0.4, -0.2) is 26.8 Å². The van der Waals surface area contributed by atoms with Crippen LogP contribution in [0.15, 0.2) is 24.3 Å². The van der Waals surface area contributed by atoms with Crippen LogP contribution in [0.5, 0.6) is 0 Å². The number of halogens is 1. The number of anilines is 1. The number of methoxy groups -OCH3 is 1. The molecule has 1 rings (SSSR count). The van der Waals surface area contributed by atoms with E-state index in [0.29, 0.717) is 0 Å². The normalized spacial score (nSPS) is 12.6. The molecule has 1 unspecified atom stereocenters. The predicted octanol–water partition coefficient (Wildman–Crippen LogP) is 2.81. The first-order valence-electron chi connectivity index (χ1n) is 4.63. The molecule has 0 aliphatic carbocycles. The van der Waals surface area contributed by atoms with Crippen molar-refractivity contribution in [1.29, 1.82) is 0 Å². The van der Waals surface area contributed by atoms with E-state index in [4.69, 9.17) is 16.3 Å². The van der Waals surface area contributed by atoms with Crippen LogP contribution in [0.1, 0.15) is 6.92 Å². The van der Waals surface area contributed by atoms with Gasteiger partial charge in [-0.15, -0.1) is 0 Å². The molecule has 1 aromatic rings. The first kappa shape index (κ1) is 11.3. The van der Waals surface area contributed by atoms with Gasteiger partial charge in [-0.3, -0.25) is 0 Å². The van der Waals surface area contributed by atoms with E-state index in [1.54, 1.807) is 7.11 Å². The highest BCUT2D eigenvalue weighted by atomic mass is 35.5. The molecule has 0 aliphatic heterocycles. The lowest BCUT2D eigenvalue weighted by Crippen LogP contribution is -2.28. The van der Waals surface area contributed by atoms with Gasteiger partial charge in [0, 0.05) is 31.4 Å². The fourth-order valence-corrected chi connectivity index (χ4v) is 1.39. The summed E-state index contributed by atoms with van der Waals surface area (Å²) in [6, 6.07) is 7.80. The smallest absolute Gasteiger partial charge is 0.0717 e. The summed E-state index contributed by atoms with van der Waals surface area (Å²) in [7, 11) is 3.76. The number of rotatable bonds is 4. The van der Waals surface area contributed by atoms with Crippen molar-refractivity contribution in [3.8, 4) is 0 Å². The van der Waals surface area contributed by atoms with Crippen LogP contribution in [0.2, 0.25) is 5.02 Å². The van der Waals surface area contributed by atoms with Crippen LogP contribution in [0.25, 0.3) is 0 Å². The summed E-state index contributed by atoms with van der Waals surface area (Å²) < 4.78 is 5.20. The largest absolute Gasteiger partial charge is 0.380 e. The topological polar surface area (TPSA) is 12.5 Å². The standard InChI is InChI=1S/C11H16ClNO/c1-9(14-3)8-13(2)11-6-4-10(12)5-7-11/h4-7,9H,8H2,1-3H3. The van der Waals surface area contributed by atoms with Gasteiger partial charge in [-0.25, -0.2) is 0 Å². The molecule has 14 heavy (non-hydrogen) atoms. The summed E-state index contributed by atoms with van der Waals surface area (Å²) in [5.41, 5.74) is 1.15. The number of nitrogens with zero attached hydrogens (tertiary/aromatic N) is 1. The Balaban J connectivity index is 2.60. The van der Waals surface area contributed by atoms with Crippen LogP contribution < -0.4 is 4.90 Å². The monoisotopic (exact) mass is 213 g/mol. The quantitative estimate of drug-likeness (QED) is 0.763. The van der Waals surface area contributed by atoms with Gasteiger partial charge in [0.1, 0.15) is 0 Å². The Hall–Kier alpha value is -0.730. The van der Waals surface area contributed by atoms with Crippen molar-refractivity contribution in [2.75, 3.05) is 25.6 Å². The summed E-state index contributed by atoms with van der Waals surface area (Å²) >= 11 is 5.81. The van der Waals surface area contributed by atoms with Crippen molar-refractivity contribution >= 4 is 17.3 Å². The van der Waals surface area contributed by atoms with Crippen molar-refractivity contribution in [3.63, 3.8) is 0 Å². The highest BCUT2D eigenvalue weighted by molar-refractivity contribution is 6.30. The van der Waals surface area contributed by atoms with E-state index < -0.39 is 0 Å². The maximum Gasteiger partial charge on any atom is 0.0717 e. The molecule has 0 aliphatic rings. The zero-order chi connectivity index (χ0) is 10.6. The lowest BCUT2D eigenvalue weighted by atomic mass is 10.3. The number of hydrogen-bond acceptors (Lipinski definition) is 2. The Morgan fingerprint density at radius 2 is 1.93 bits per heavy atom. The van der Waals surface area contributed by atoms with E-state index in [1.165, 1.54) is 0 Å². The molecule has 0 spiro atoms. The van der Waals surface area contributed by atoms with Gasteiger partial charge in [0.2, 0.25) is 0 Å². The lowest BCUT2D eigenvalue weighted by Gasteiger charge is -2.22. The molecule has 0 amide bonds. The van der Waals surface area contributed by atoms with Gasteiger partial charge >= 0.3 is 0 Å². The van der Waals surface area contributed by atoms with Crippen molar-refractivity contribution in [3.05, 3.63) is 29.3 Å². The summed E-state index contributed by atoms with van der Waals surface area (Å²) in [6.45, 7) is 2.92. The molecule has 0 N–H and O–H groups in total. The fraction of sp³-hybridized carbons (Fsp3) is 0.455. The molecule has 0 bridgehead atoms.